The molecule has 0 unspecified atom stereocenters. The van der Waals surface area contributed by atoms with Crippen LogP contribution < -0.4 is 0 Å². The van der Waals surface area contributed by atoms with Crippen molar-refractivity contribution < 1.29 is 13.9 Å². The van der Waals surface area contributed by atoms with Crippen LogP contribution in [0.15, 0.2) is 53.1 Å². The fraction of sp³-hybridized carbons (Fsp3) is 0.235. The van der Waals surface area contributed by atoms with Crippen LogP contribution in [0.2, 0.25) is 0 Å². The first-order valence-corrected chi connectivity index (χ1v) is 6.83. The van der Waals surface area contributed by atoms with Crippen LogP contribution in [0.25, 0.3) is 22.4 Å². The van der Waals surface area contributed by atoms with Crippen LogP contribution in [0.5, 0.6) is 0 Å². The SMILES string of the molecule is CC(C)(C)OC(=O)n1c(-c2ccco2)cc2ccccc21. The van der Waals surface area contributed by atoms with Gasteiger partial charge in [0.15, 0.2) is 5.76 Å². The minimum atomic E-state index is -0.553. The Labute approximate surface area is 122 Å². The van der Waals surface area contributed by atoms with Gasteiger partial charge in [-0.25, -0.2) is 9.36 Å². The summed E-state index contributed by atoms with van der Waals surface area (Å²) in [6, 6.07) is 13.2. The molecule has 0 aliphatic carbocycles. The molecular weight excluding hydrogens is 266 g/mol. The molecule has 0 aliphatic heterocycles. The molecule has 3 aromatic rings. The largest absolute Gasteiger partial charge is 0.463 e. The van der Waals surface area contributed by atoms with Gasteiger partial charge in [-0.2, -0.15) is 0 Å². The monoisotopic (exact) mass is 283 g/mol. The first-order valence-electron chi connectivity index (χ1n) is 6.83. The second-order valence-corrected chi connectivity index (χ2v) is 5.88. The third-order valence-electron chi connectivity index (χ3n) is 3.06. The van der Waals surface area contributed by atoms with Gasteiger partial charge in [-0.15, -0.1) is 0 Å². The van der Waals surface area contributed by atoms with Gasteiger partial charge >= 0.3 is 6.09 Å². The minimum Gasteiger partial charge on any atom is -0.463 e. The molecule has 0 radical (unpaired) electrons. The Balaban J connectivity index is 2.19. The van der Waals surface area contributed by atoms with E-state index in [1.165, 1.54) is 0 Å². The Morgan fingerprint density at radius 3 is 2.57 bits per heavy atom. The smallest absolute Gasteiger partial charge is 0.419 e. The summed E-state index contributed by atoms with van der Waals surface area (Å²) in [6.07, 6.45) is 1.18. The number of hydrogen-bond donors (Lipinski definition) is 0. The van der Waals surface area contributed by atoms with E-state index >= 15 is 0 Å². The Kier molecular flexibility index (Phi) is 3.09. The Morgan fingerprint density at radius 2 is 1.90 bits per heavy atom. The number of nitrogens with zero attached hydrogens (tertiary/aromatic N) is 1. The molecule has 1 aromatic carbocycles. The van der Waals surface area contributed by atoms with E-state index in [1.54, 1.807) is 16.9 Å². The predicted molar refractivity (Wildman–Crippen MR) is 81.3 cm³/mol. The lowest BCUT2D eigenvalue weighted by atomic mass is 10.2. The van der Waals surface area contributed by atoms with Gasteiger partial charge in [0.05, 0.1) is 17.5 Å². The molecule has 0 fully saturated rings. The quantitative estimate of drug-likeness (QED) is 0.651. The van der Waals surface area contributed by atoms with Gasteiger partial charge in [-0.1, -0.05) is 18.2 Å². The number of ether oxygens (including phenoxy) is 1. The molecule has 0 N–H and O–H groups in total. The van der Waals surface area contributed by atoms with Crippen molar-refractivity contribution in [3.05, 3.63) is 48.7 Å². The lowest BCUT2D eigenvalue weighted by Gasteiger charge is -2.20. The molecular formula is C17H17NO3. The van der Waals surface area contributed by atoms with Crippen molar-refractivity contribution in [3.63, 3.8) is 0 Å². The zero-order valence-electron chi connectivity index (χ0n) is 12.3. The van der Waals surface area contributed by atoms with Crippen molar-refractivity contribution in [2.75, 3.05) is 0 Å². The second kappa shape index (κ2) is 4.81. The number of hydrogen-bond acceptors (Lipinski definition) is 3. The molecule has 0 bridgehead atoms. The molecule has 108 valence electrons. The van der Waals surface area contributed by atoms with E-state index < -0.39 is 11.7 Å². The summed E-state index contributed by atoms with van der Waals surface area (Å²) < 4.78 is 12.5. The molecule has 2 aromatic heterocycles. The molecule has 4 nitrogen and oxygen atoms in total. The summed E-state index contributed by atoms with van der Waals surface area (Å²) in [4.78, 5) is 12.6. The lowest BCUT2D eigenvalue weighted by Crippen LogP contribution is -2.27. The zero-order chi connectivity index (χ0) is 15.0. The highest BCUT2D eigenvalue weighted by molar-refractivity contribution is 5.95. The Morgan fingerprint density at radius 1 is 1.14 bits per heavy atom. The summed E-state index contributed by atoms with van der Waals surface area (Å²) in [7, 11) is 0. The maximum absolute atomic E-state index is 12.6. The normalized spacial score (nSPS) is 11.8. The van der Waals surface area contributed by atoms with Crippen LogP contribution in [0.1, 0.15) is 20.8 Å². The molecule has 0 amide bonds. The average Bonchev–Trinajstić information content (AvgIpc) is 3.03. The highest BCUT2D eigenvalue weighted by Gasteiger charge is 2.23. The maximum atomic E-state index is 12.6. The van der Waals surface area contributed by atoms with Crippen molar-refractivity contribution in [1.29, 1.82) is 0 Å². The molecule has 4 heteroatoms. The third-order valence-corrected chi connectivity index (χ3v) is 3.06. The van der Waals surface area contributed by atoms with Gasteiger partial charge in [-0.3, -0.25) is 0 Å². The molecule has 0 saturated carbocycles. The molecule has 0 spiro atoms. The fourth-order valence-electron chi connectivity index (χ4n) is 2.26. The standard InChI is InChI=1S/C17H17NO3/c1-17(2,3)21-16(19)18-13-8-5-4-7-12(13)11-14(18)15-9-6-10-20-15/h4-11H,1-3H3. The summed E-state index contributed by atoms with van der Waals surface area (Å²) in [6.45, 7) is 5.55. The number of para-hydroxylation sites is 1. The highest BCUT2D eigenvalue weighted by Crippen LogP contribution is 2.29. The molecule has 0 saturated heterocycles. The molecule has 21 heavy (non-hydrogen) atoms. The number of benzene rings is 1. The Hall–Kier alpha value is -2.49. The number of fused-ring (bicyclic) bond motifs is 1. The van der Waals surface area contributed by atoms with E-state index in [-0.39, 0.29) is 0 Å². The fourth-order valence-corrected chi connectivity index (χ4v) is 2.26. The van der Waals surface area contributed by atoms with E-state index in [9.17, 15) is 4.79 Å². The summed E-state index contributed by atoms with van der Waals surface area (Å²) in [5.74, 6) is 0.636. The van der Waals surface area contributed by atoms with Crippen molar-refractivity contribution in [2.45, 2.75) is 26.4 Å². The molecule has 3 rings (SSSR count). The number of carbonyl (C=O) groups excluding carboxylic acids is 1. The molecule has 2 heterocycles. The van der Waals surface area contributed by atoms with Crippen molar-refractivity contribution in [2.24, 2.45) is 0 Å². The van der Waals surface area contributed by atoms with Gasteiger partial charge in [0.1, 0.15) is 5.60 Å². The zero-order valence-corrected chi connectivity index (χ0v) is 12.3. The maximum Gasteiger partial charge on any atom is 0.419 e. The van der Waals surface area contributed by atoms with Gasteiger partial charge in [0, 0.05) is 5.39 Å². The minimum absolute atomic E-state index is 0.407. The van der Waals surface area contributed by atoms with Gasteiger partial charge in [0.25, 0.3) is 0 Å². The number of aromatic nitrogens is 1. The first kappa shape index (κ1) is 13.5. The van der Waals surface area contributed by atoms with Crippen LogP contribution in [-0.2, 0) is 4.74 Å². The van der Waals surface area contributed by atoms with E-state index in [2.05, 4.69) is 0 Å². The number of furan rings is 1. The predicted octanol–water partition coefficient (Wildman–Crippen LogP) is 4.68. The van der Waals surface area contributed by atoms with Crippen LogP contribution in [0.4, 0.5) is 4.79 Å². The van der Waals surface area contributed by atoms with E-state index in [0.717, 1.165) is 10.9 Å². The van der Waals surface area contributed by atoms with Gasteiger partial charge in [-0.05, 0) is 45.0 Å². The van der Waals surface area contributed by atoms with Crippen molar-refractivity contribution in [1.82, 2.24) is 4.57 Å². The molecule has 0 aliphatic rings. The van der Waals surface area contributed by atoms with Crippen LogP contribution in [0, 0.1) is 0 Å². The summed E-state index contributed by atoms with van der Waals surface area (Å²) >= 11 is 0. The van der Waals surface area contributed by atoms with Crippen LogP contribution in [-0.4, -0.2) is 16.3 Å². The average molecular weight is 283 g/mol. The van der Waals surface area contributed by atoms with E-state index in [1.807, 2.05) is 57.2 Å². The lowest BCUT2D eigenvalue weighted by molar-refractivity contribution is 0.0546. The van der Waals surface area contributed by atoms with Gasteiger partial charge < -0.3 is 9.15 Å². The summed E-state index contributed by atoms with van der Waals surface area (Å²) in [5, 5.41) is 0.967. The molecule has 0 atom stereocenters. The summed E-state index contributed by atoms with van der Waals surface area (Å²) in [5.41, 5.74) is 0.941. The number of carbonyl (C=O) groups is 1. The topological polar surface area (TPSA) is 44.4 Å². The van der Waals surface area contributed by atoms with Crippen LogP contribution >= 0.6 is 0 Å². The van der Waals surface area contributed by atoms with E-state index in [0.29, 0.717) is 11.5 Å². The third kappa shape index (κ3) is 2.57. The van der Waals surface area contributed by atoms with Gasteiger partial charge in [0.2, 0.25) is 0 Å². The van der Waals surface area contributed by atoms with Crippen LogP contribution in [0.3, 0.4) is 0 Å². The Bertz CT molecular complexity index is 776. The van der Waals surface area contributed by atoms with E-state index in [4.69, 9.17) is 9.15 Å². The highest BCUT2D eigenvalue weighted by atomic mass is 16.6. The first-order chi connectivity index (χ1) is 9.96. The van der Waals surface area contributed by atoms with Crippen molar-refractivity contribution in [3.8, 4) is 11.5 Å². The number of rotatable bonds is 1. The second-order valence-electron chi connectivity index (χ2n) is 5.88. The van der Waals surface area contributed by atoms with Crippen molar-refractivity contribution >= 4 is 17.0 Å².